The van der Waals surface area contributed by atoms with Crippen LogP contribution in [0.25, 0.3) is 0 Å². The minimum absolute atomic E-state index is 0.430. The second kappa shape index (κ2) is 5.49. The summed E-state index contributed by atoms with van der Waals surface area (Å²) in [6, 6.07) is 6.55. The molecule has 1 aliphatic heterocycles. The number of ether oxygens (including phenoxy) is 1. The van der Waals surface area contributed by atoms with Gasteiger partial charge < -0.3 is 10.1 Å². The highest BCUT2D eigenvalue weighted by Gasteiger charge is 2.40. The summed E-state index contributed by atoms with van der Waals surface area (Å²) in [5, 5.41) is 4.42. The zero-order valence-electron chi connectivity index (χ0n) is 10.2. The number of benzene rings is 1. The van der Waals surface area contributed by atoms with Gasteiger partial charge in [-0.15, -0.1) is 0 Å². The van der Waals surface area contributed by atoms with Gasteiger partial charge in [0.25, 0.3) is 0 Å². The minimum atomic E-state index is 0.430. The second-order valence-corrected chi connectivity index (χ2v) is 6.51. The van der Waals surface area contributed by atoms with Crippen molar-refractivity contribution in [3.63, 3.8) is 0 Å². The number of hydrogen-bond acceptors (Lipinski definition) is 2. The molecule has 2 unspecified atom stereocenters. The molecule has 0 spiro atoms. The number of hydrogen-bond donors (Lipinski definition) is 1. The zero-order valence-corrected chi connectivity index (χ0v) is 12.5. The van der Waals surface area contributed by atoms with Crippen molar-refractivity contribution in [3.05, 3.63) is 33.3 Å². The van der Waals surface area contributed by atoms with Gasteiger partial charge in [-0.25, -0.2) is 0 Å². The van der Waals surface area contributed by atoms with E-state index in [4.69, 9.17) is 16.3 Å². The summed E-state index contributed by atoms with van der Waals surface area (Å²) in [6.45, 7) is 1.72. The second-order valence-electron chi connectivity index (χ2n) is 5.18. The first kappa shape index (κ1) is 12.9. The SMILES string of the molecule is Clc1cc(Br)ccc1CNC1CCOC1C1CC1. The van der Waals surface area contributed by atoms with E-state index in [1.807, 2.05) is 12.1 Å². The monoisotopic (exact) mass is 329 g/mol. The van der Waals surface area contributed by atoms with Gasteiger partial charge in [0.1, 0.15) is 0 Å². The standard InChI is InChI=1S/C14H17BrClNO/c15-11-4-3-10(12(16)7-11)8-17-13-5-6-18-14(13)9-1-2-9/h3-4,7,9,13-14,17H,1-2,5-6,8H2. The molecule has 1 aromatic rings. The predicted molar refractivity (Wildman–Crippen MR) is 76.9 cm³/mol. The van der Waals surface area contributed by atoms with Crippen molar-refractivity contribution in [3.8, 4) is 0 Å². The molecule has 0 amide bonds. The van der Waals surface area contributed by atoms with E-state index in [0.717, 1.165) is 40.5 Å². The lowest BCUT2D eigenvalue weighted by molar-refractivity contribution is 0.0809. The van der Waals surface area contributed by atoms with Gasteiger partial charge in [-0.2, -0.15) is 0 Å². The molecule has 18 heavy (non-hydrogen) atoms. The van der Waals surface area contributed by atoms with E-state index in [1.165, 1.54) is 12.8 Å². The van der Waals surface area contributed by atoms with Crippen LogP contribution in [0.15, 0.2) is 22.7 Å². The Hall–Kier alpha value is -0.0900. The molecule has 1 aromatic carbocycles. The van der Waals surface area contributed by atoms with Crippen LogP contribution in [0.5, 0.6) is 0 Å². The molecule has 2 aliphatic rings. The minimum Gasteiger partial charge on any atom is -0.376 e. The van der Waals surface area contributed by atoms with Gasteiger partial charge >= 0.3 is 0 Å². The highest BCUT2D eigenvalue weighted by atomic mass is 79.9. The third-order valence-corrected chi connectivity index (χ3v) is 4.64. The van der Waals surface area contributed by atoms with E-state index in [1.54, 1.807) is 0 Å². The van der Waals surface area contributed by atoms with Crippen LogP contribution in [0.1, 0.15) is 24.8 Å². The van der Waals surface area contributed by atoms with E-state index < -0.39 is 0 Å². The first-order valence-corrected chi connectivity index (χ1v) is 7.70. The summed E-state index contributed by atoms with van der Waals surface area (Å²) in [7, 11) is 0. The quantitative estimate of drug-likeness (QED) is 0.907. The first-order valence-electron chi connectivity index (χ1n) is 6.53. The van der Waals surface area contributed by atoms with Gasteiger partial charge in [0.2, 0.25) is 0 Å². The number of halogens is 2. The maximum absolute atomic E-state index is 6.23. The summed E-state index contributed by atoms with van der Waals surface area (Å²) in [5.74, 6) is 0.797. The molecule has 0 radical (unpaired) electrons. The normalized spacial score (nSPS) is 27.7. The Morgan fingerprint density at radius 1 is 1.33 bits per heavy atom. The Labute approximate surface area is 121 Å². The molecule has 1 heterocycles. The van der Waals surface area contributed by atoms with Crippen LogP contribution in [0, 0.1) is 5.92 Å². The lowest BCUT2D eigenvalue weighted by Crippen LogP contribution is -2.37. The maximum Gasteiger partial charge on any atom is 0.0757 e. The highest BCUT2D eigenvalue weighted by molar-refractivity contribution is 9.10. The van der Waals surface area contributed by atoms with Crippen molar-refractivity contribution in [1.82, 2.24) is 5.32 Å². The fraction of sp³-hybridized carbons (Fsp3) is 0.571. The van der Waals surface area contributed by atoms with Crippen molar-refractivity contribution >= 4 is 27.5 Å². The van der Waals surface area contributed by atoms with Gasteiger partial charge in [0.05, 0.1) is 6.10 Å². The third kappa shape index (κ3) is 2.90. The zero-order chi connectivity index (χ0) is 12.5. The number of rotatable bonds is 4. The molecular formula is C14H17BrClNO. The number of nitrogens with one attached hydrogen (secondary N) is 1. The average Bonchev–Trinajstić information content (AvgIpc) is 3.08. The summed E-state index contributed by atoms with van der Waals surface area (Å²) < 4.78 is 6.85. The molecule has 2 fully saturated rings. The lowest BCUT2D eigenvalue weighted by Gasteiger charge is -2.19. The Kier molecular flexibility index (Phi) is 3.94. The van der Waals surface area contributed by atoms with Crippen LogP contribution in [-0.4, -0.2) is 18.8 Å². The van der Waals surface area contributed by atoms with Crippen LogP contribution >= 0.6 is 27.5 Å². The fourth-order valence-corrected chi connectivity index (χ4v) is 3.37. The van der Waals surface area contributed by atoms with Crippen molar-refractivity contribution < 1.29 is 4.74 Å². The van der Waals surface area contributed by atoms with Crippen LogP contribution in [0.2, 0.25) is 5.02 Å². The summed E-state index contributed by atoms with van der Waals surface area (Å²) in [5.41, 5.74) is 1.15. The van der Waals surface area contributed by atoms with Gasteiger partial charge in [-0.1, -0.05) is 33.6 Å². The maximum atomic E-state index is 6.23. The average molecular weight is 331 g/mol. The van der Waals surface area contributed by atoms with E-state index in [2.05, 4.69) is 27.3 Å². The van der Waals surface area contributed by atoms with Crippen molar-refractivity contribution in [2.24, 2.45) is 5.92 Å². The molecule has 0 aromatic heterocycles. The molecule has 4 heteroatoms. The Balaban J connectivity index is 1.60. The van der Waals surface area contributed by atoms with Crippen LogP contribution < -0.4 is 5.32 Å². The predicted octanol–water partition coefficient (Wildman–Crippen LogP) is 3.76. The lowest BCUT2D eigenvalue weighted by atomic mass is 10.1. The molecule has 1 aliphatic carbocycles. The molecule has 2 nitrogen and oxygen atoms in total. The molecule has 0 bridgehead atoms. The van der Waals surface area contributed by atoms with E-state index in [0.29, 0.717) is 12.1 Å². The van der Waals surface area contributed by atoms with Gasteiger partial charge in [-0.05, 0) is 42.9 Å². The van der Waals surface area contributed by atoms with Crippen molar-refractivity contribution in [1.29, 1.82) is 0 Å². The van der Waals surface area contributed by atoms with E-state index in [-0.39, 0.29) is 0 Å². The first-order chi connectivity index (χ1) is 8.74. The van der Waals surface area contributed by atoms with Crippen molar-refractivity contribution in [2.75, 3.05) is 6.61 Å². The Morgan fingerprint density at radius 2 is 2.17 bits per heavy atom. The molecule has 2 atom stereocenters. The molecule has 1 saturated heterocycles. The van der Waals surface area contributed by atoms with E-state index in [9.17, 15) is 0 Å². The van der Waals surface area contributed by atoms with Gasteiger partial charge in [-0.3, -0.25) is 0 Å². The largest absolute Gasteiger partial charge is 0.376 e. The van der Waals surface area contributed by atoms with Crippen LogP contribution in [-0.2, 0) is 11.3 Å². The topological polar surface area (TPSA) is 21.3 Å². The summed E-state index contributed by atoms with van der Waals surface area (Å²) in [6.07, 6.45) is 4.22. The molecule has 3 rings (SSSR count). The highest BCUT2D eigenvalue weighted by Crippen LogP contribution is 2.38. The Morgan fingerprint density at radius 3 is 2.89 bits per heavy atom. The summed E-state index contributed by atoms with van der Waals surface area (Å²) >= 11 is 9.65. The fourth-order valence-electron chi connectivity index (χ4n) is 2.63. The smallest absolute Gasteiger partial charge is 0.0757 e. The molecular weight excluding hydrogens is 314 g/mol. The third-order valence-electron chi connectivity index (χ3n) is 3.79. The molecule has 98 valence electrons. The van der Waals surface area contributed by atoms with Gasteiger partial charge in [0, 0.05) is 28.7 Å². The summed E-state index contributed by atoms with van der Waals surface area (Å²) in [4.78, 5) is 0. The molecule has 1 saturated carbocycles. The Bertz CT molecular complexity index is 436. The van der Waals surface area contributed by atoms with Crippen LogP contribution in [0.4, 0.5) is 0 Å². The molecule has 1 N–H and O–H groups in total. The van der Waals surface area contributed by atoms with Crippen LogP contribution in [0.3, 0.4) is 0 Å². The van der Waals surface area contributed by atoms with Crippen molar-refractivity contribution in [2.45, 2.75) is 38.0 Å². The van der Waals surface area contributed by atoms with E-state index >= 15 is 0 Å². The van der Waals surface area contributed by atoms with Gasteiger partial charge in [0.15, 0.2) is 0 Å².